The van der Waals surface area contributed by atoms with Crippen molar-refractivity contribution in [3.8, 4) is 0 Å². The summed E-state index contributed by atoms with van der Waals surface area (Å²) in [7, 11) is 0. The fourth-order valence-corrected chi connectivity index (χ4v) is 2.58. The first-order valence-electron chi connectivity index (χ1n) is 5.63. The molecule has 1 aliphatic rings. The van der Waals surface area contributed by atoms with Crippen LogP contribution in [0.25, 0.3) is 0 Å². The summed E-state index contributed by atoms with van der Waals surface area (Å²) in [5, 5.41) is 10.5. The average Bonchev–Trinajstić information content (AvgIpc) is 2.96. The van der Waals surface area contributed by atoms with Gasteiger partial charge in [-0.25, -0.2) is 0 Å². The molecule has 0 heterocycles. The molecule has 0 bridgehead atoms. The van der Waals surface area contributed by atoms with Crippen LogP contribution in [-0.4, -0.2) is 17.0 Å². The molecule has 0 radical (unpaired) electrons. The van der Waals surface area contributed by atoms with Crippen molar-refractivity contribution in [2.24, 2.45) is 11.3 Å². The molecular weight excluding hydrogens is 234 g/mol. The first-order valence-corrected chi connectivity index (χ1v) is 5.63. The van der Waals surface area contributed by atoms with Crippen molar-refractivity contribution < 1.29 is 14.5 Å². The minimum Gasteiger partial charge on any atom is -0.303 e. The van der Waals surface area contributed by atoms with Crippen LogP contribution in [0.5, 0.6) is 0 Å². The van der Waals surface area contributed by atoms with Gasteiger partial charge in [-0.05, 0) is 12.5 Å². The summed E-state index contributed by atoms with van der Waals surface area (Å²) in [5.41, 5.74) is 0.153. The van der Waals surface area contributed by atoms with Crippen LogP contribution in [0.3, 0.4) is 0 Å². The number of nitrogens with zero attached hydrogens (tertiary/aromatic N) is 1. The molecule has 94 valence electrons. The van der Waals surface area contributed by atoms with Gasteiger partial charge in [-0.2, -0.15) is 0 Å². The van der Waals surface area contributed by atoms with Crippen LogP contribution < -0.4 is 0 Å². The van der Waals surface area contributed by atoms with E-state index in [-0.39, 0.29) is 23.3 Å². The zero-order chi connectivity index (χ0) is 13.5. The lowest BCUT2D eigenvalue weighted by atomic mass is 9.97. The van der Waals surface area contributed by atoms with Gasteiger partial charge in [0.1, 0.15) is 12.1 Å². The third-order valence-corrected chi connectivity index (χ3v) is 3.96. The van der Waals surface area contributed by atoms with Crippen LogP contribution in [0, 0.1) is 21.4 Å². The van der Waals surface area contributed by atoms with Crippen molar-refractivity contribution in [2.45, 2.75) is 19.8 Å². The summed E-state index contributed by atoms with van der Waals surface area (Å²) in [6, 6.07) is 6.03. The average molecular weight is 247 g/mol. The summed E-state index contributed by atoms with van der Waals surface area (Å²) in [4.78, 5) is 32.6. The molecule has 1 aromatic rings. The normalized spacial score (nSPS) is 29.7. The lowest BCUT2D eigenvalue weighted by molar-refractivity contribution is -0.384. The van der Waals surface area contributed by atoms with Gasteiger partial charge in [0.2, 0.25) is 0 Å². The minimum atomic E-state index is -0.655. The Bertz CT molecular complexity index is 522. The molecule has 1 aromatic carbocycles. The van der Waals surface area contributed by atoms with E-state index in [0.29, 0.717) is 0 Å². The van der Waals surface area contributed by atoms with Gasteiger partial charge in [0.15, 0.2) is 0 Å². The number of carbonyl (C=O) groups excluding carboxylic acids is 2. The Kier molecular flexibility index (Phi) is 2.77. The van der Waals surface area contributed by atoms with E-state index in [2.05, 4.69) is 0 Å². The van der Waals surface area contributed by atoms with E-state index in [1.165, 1.54) is 19.1 Å². The molecule has 2 rings (SSSR count). The fraction of sp³-hybridized carbons (Fsp3) is 0.385. The van der Waals surface area contributed by atoms with E-state index in [0.717, 1.165) is 11.8 Å². The van der Waals surface area contributed by atoms with Gasteiger partial charge in [0.25, 0.3) is 5.69 Å². The minimum absolute atomic E-state index is 0.00609. The van der Waals surface area contributed by atoms with E-state index in [9.17, 15) is 19.7 Å². The van der Waals surface area contributed by atoms with E-state index < -0.39 is 10.3 Å². The molecule has 0 unspecified atom stereocenters. The molecule has 5 heteroatoms. The Hall–Kier alpha value is -2.04. The third kappa shape index (κ3) is 1.63. The van der Waals surface area contributed by atoms with E-state index in [4.69, 9.17) is 0 Å². The SMILES string of the molecule is CC(=O)[C@@]1(C)[C@H](C=O)[C@H]1c1ccc([N+](=O)[O-])cc1. The van der Waals surface area contributed by atoms with Crippen LogP contribution >= 0.6 is 0 Å². The number of ketones is 1. The molecule has 0 aromatic heterocycles. The summed E-state index contributed by atoms with van der Waals surface area (Å²) in [6.07, 6.45) is 0.799. The highest BCUT2D eigenvalue weighted by molar-refractivity contribution is 5.92. The van der Waals surface area contributed by atoms with Crippen LogP contribution in [0.15, 0.2) is 24.3 Å². The maximum absolute atomic E-state index is 11.6. The first-order chi connectivity index (χ1) is 8.42. The van der Waals surface area contributed by atoms with Gasteiger partial charge in [-0.3, -0.25) is 14.9 Å². The number of Topliss-reactive ketones (excluding diaryl/α,β-unsaturated/α-hetero) is 1. The van der Waals surface area contributed by atoms with Crippen LogP contribution in [0.1, 0.15) is 25.3 Å². The highest BCUT2D eigenvalue weighted by atomic mass is 16.6. The number of carbonyl (C=O) groups is 2. The predicted octanol–water partition coefficient (Wildman–Crippen LogP) is 2.10. The number of hydrogen-bond acceptors (Lipinski definition) is 4. The van der Waals surface area contributed by atoms with Crippen molar-refractivity contribution in [1.29, 1.82) is 0 Å². The maximum Gasteiger partial charge on any atom is 0.269 e. The van der Waals surface area contributed by atoms with Crippen molar-refractivity contribution in [3.05, 3.63) is 39.9 Å². The second-order valence-electron chi connectivity index (χ2n) is 4.83. The smallest absolute Gasteiger partial charge is 0.269 e. The molecule has 1 saturated carbocycles. The zero-order valence-corrected chi connectivity index (χ0v) is 10.1. The lowest BCUT2D eigenvalue weighted by Crippen LogP contribution is -2.11. The molecular formula is C13H13NO4. The number of nitro benzene ring substituents is 1. The molecule has 18 heavy (non-hydrogen) atoms. The number of nitro groups is 1. The summed E-state index contributed by atoms with van der Waals surface area (Å²) in [5.74, 6) is -0.507. The second kappa shape index (κ2) is 4.01. The van der Waals surface area contributed by atoms with E-state index >= 15 is 0 Å². The number of rotatable bonds is 4. The van der Waals surface area contributed by atoms with E-state index in [1.807, 2.05) is 0 Å². The number of aldehydes is 1. The van der Waals surface area contributed by atoms with Gasteiger partial charge in [0.05, 0.1) is 4.92 Å². The van der Waals surface area contributed by atoms with Gasteiger partial charge in [-0.15, -0.1) is 0 Å². The molecule has 1 fully saturated rings. The summed E-state index contributed by atoms with van der Waals surface area (Å²) in [6.45, 7) is 3.24. The van der Waals surface area contributed by atoms with Crippen molar-refractivity contribution in [2.75, 3.05) is 0 Å². The summed E-state index contributed by atoms with van der Waals surface area (Å²) >= 11 is 0. The molecule has 1 aliphatic carbocycles. The number of benzene rings is 1. The van der Waals surface area contributed by atoms with Gasteiger partial charge >= 0.3 is 0 Å². The second-order valence-corrected chi connectivity index (χ2v) is 4.83. The lowest BCUT2D eigenvalue weighted by Gasteiger charge is -2.05. The van der Waals surface area contributed by atoms with Gasteiger partial charge < -0.3 is 4.79 Å². The van der Waals surface area contributed by atoms with Crippen LogP contribution in [0.2, 0.25) is 0 Å². The van der Waals surface area contributed by atoms with Crippen LogP contribution in [-0.2, 0) is 9.59 Å². The van der Waals surface area contributed by atoms with Crippen LogP contribution in [0.4, 0.5) is 5.69 Å². The monoisotopic (exact) mass is 247 g/mol. The molecule has 0 saturated heterocycles. The fourth-order valence-electron chi connectivity index (χ4n) is 2.58. The summed E-state index contributed by atoms with van der Waals surface area (Å²) < 4.78 is 0. The first kappa shape index (κ1) is 12.4. The topological polar surface area (TPSA) is 77.3 Å². The number of non-ortho nitro benzene ring substituents is 1. The Morgan fingerprint density at radius 3 is 2.28 bits per heavy atom. The zero-order valence-electron chi connectivity index (χ0n) is 10.1. The van der Waals surface area contributed by atoms with Gasteiger partial charge in [-0.1, -0.05) is 19.1 Å². The van der Waals surface area contributed by atoms with Crippen molar-refractivity contribution >= 4 is 17.8 Å². The Morgan fingerprint density at radius 2 is 1.94 bits per heavy atom. The molecule has 0 spiro atoms. The van der Waals surface area contributed by atoms with Crippen molar-refractivity contribution in [1.82, 2.24) is 0 Å². The molecule has 3 atom stereocenters. The third-order valence-electron chi connectivity index (χ3n) is 3.96. The highest BCUT2D eigenvalue weighted by Crippen LogP contribution is 2.64. The molecule has 0 aliphatic heterocycles. The highest BCUT2D eigenvalue weighted by Gasteiger charge is 2.64. The molecule has 5 nitrogen and oxygen atoms in total. The maximum atomic E-state index is 11.6. The van der Waals surface area contributed by atoms with E-state index in [1.54, 1.807) is 19.1 Å². The molecule has 0 amide bonds. The largest absolute Gasteiger partial charge is 0.303 e. The van der Waals surface area contributed by atoms with Gasteiger partial charge in [0, 0.05) is 29.4 Å². The Balaban J connectivity index is 2.31. The number of hydrogen-bond donors (Lipinski definition) is 0. The Labute approximate surface area is 104 Å². The standard InChI is InChI=1S/C13H13NO4/c1-8(16)13(2)11(7-15)12(13)9-3-5-10(6-4-9)14(17)18/h3-7,11-12H,1-2H3/t11-,12-,13+/m1/s1. The quantitative estimate of drug-likeness (QED) is 0.463. The van der Waals surface area contributed by atoms with Crippen molar-refractivity contribution in [3.63, 3.8) is 0 Å². The Morgan fingerprint density at radius 1 is 1.39 bits per heavy atom. The predicted molar refractivity (Wildman–Crippen MR) is 64.2 cm³/mol. The molecule has 0 N–H and O–H groups in total.